The molecule has 4 rings (SSSR count). The zero-order valence-electron chi connectivity index (χ0n) is 18.8. The molecule has 0 N–H and O–H groups in total. The molecule has 0 radical (unpaired) electrons. The number of anilines is 1. The Morgan fingerprint density at radius 3 is 2.81 bits per heavy atom. The molecule has 1 atom stereocenters. The minimum Gasteiger partial charge on any atom is -0.497 e. The van der Waals surface area contributed by atoms with Crippen LogP contribution < -0.4 is 9.64 Å². The van der Waals surface area contributed by atoms with Crippen molar-refractivity contribution >= 4 is 17.6 Å². The number of ether oxygens (including phenoxy) is 1. The Morgan fingerprint density at radius 1 is 1.26 bits per heavy atom. The summed E-state index contributed by atoms with van der Waals surface area (Å²) in [6.07, 6.45) is 4.33. The third kappa shape index (κ3) is 4.13. The molecule has 2 aliphatic heterocycles. The number of aryl methyl sites for hydroxylation is 3. The Bertz CT molecular complexity index is 1020. The molecule has 3 heterocycles. The first-order valence-electron chi connectivity index (χ1n) is 11.0. The van der Waals surface area contributed by atoms with E-state index in [4.69, 9.17) is 9.72 Å². The van der Waals surface area contributed by atoms with Crippen molar-refractivity contribution in [1.82, 2.24) is 14.9 Å². The molecule has 2 aromatic rings. The average Bonchev–Trinajstić information content (AvgIpc) is 3.35. The molecular formula is C24H30N4O3. The quantitative estimate of drug-likeness (QED) is 0.714. The van der Waals surface area contributed by atoms with Gasteiger partial charge in [0.2, 0.25) is 11.8 Å². The van der Waals surface area contributed by atoms with Crippen molar-refractivity contribution in [3.05, 3.63) is 46.4 Å². The second-order valence-electron chi connectivity index (χ2n) is 8.49. The minimum absolute atomic E-state index is 0.0396. The molecule has 7 nitrogen and oxygen atoms in total. The lowest BCUT2D eigenvalue weighted by Crippen LogP contribution is -2.32. The van der Waals surface area contributed by atoms with E-state index in [1.165, 1.54) is 11.1 Å². The molecule has 0 spiro atoms. The van der Waals surface area contributed by atoms with E-state index in [0.717, 1.165) is 49.2 Å². The summed E-state index contributed by atoms with van der Waals surface area (Å²) in [6.45, 7) is 4.74. The van der Waals surface area contributed by atoms with Crippen molar-refractivity contribution in [3.63, 3.8) is 0 Å². The SMILES string of the molecule is COc1ccc(CCCC(=O)N2CCC[C@@H]2c2nc(C)c3c(n2)N(C)C(=O)C3)c(C)c1. The van der Waals surface area contributed by atoms with E-state index in [9.17, 15) is 9.59 Å². The molecule has 31 heavy (non-hydrogen) atoms. The lowest BCUT2D eigenvalue weighted by atomic mass is 10.0. The van der Waals surface area contributed by atoms with E-state index in [1.54, 1.807) is 19.1 Å². The number of aromatic nitrogens is 2. The number of methoxy groups -OCH3 is 1. The van der Waals surface area contributed by atoms with Crippen molar-refractivity contribution in [2.75, 3.05) is 25.6 Å². The van der Waals surface area contributed by atoms with Gasteiger partial charge in [-0.05, 0) is 62.8 Å². The summed E-state index contributed by atoms with van der Waals surface area (Å²) >= 11 is 0. The molecule has 1 aromatic heterocycles. The number of likely N-dealkylation sites (N-methyl/N-ethyl adjacent to an activating group) is 1. The van der Waals surface area contributed by atoms with Gasteiger partial charge in [-0.1, -0.05) is 6.07 Å². The smallest absolute Gasteiger partial charge is 0.232 e. The van der Waals surface area contributed by atoms with Crippen molar-refractivity contribution in [3.8, 4) is 5.75 Å². The summed E-state index contributed by atoms with van der Waals surface area (Å²) in [6, 6.07) is 5.97. The molecule has 0 bridgehead atoms. The zero-order chi connectivity index (χ0) is 22.1. The number of fused-ring (bicyclic) bond motifs is 1. The molecule has 2 amide bonds. The van der Waals surface area contributed by atoms with Gasteiger partial charge >= 0.3 is 0 Å². The van der Waals surface area contributed by atoms with Crippen molar-refractivity contribution in [2.24, 2.45) is 0 Å². The summed E-state index contributed by atoms with van der Waals surface area (Å²) in [5.74, 6) is 2.41. The van der Waals surface area contributed by atoms with Crippen LogP contribution in [0.2, 0.25) is 0 Å². The van der Waals surface area contributed by atoms with E-state index in [2.05, 4.69) is 18.0 Å². The highest BCUT2D eigenvalue weighted by Gasteiger charge is 2.35. The van der Waals surface area contributed by atoms with Crippen molar-refractivity contribution in [2.45, 2.75) is 58.4 Å². The van der Waals surface area contributed by atoms with Crippen LogP contribution in [0.25, 0.3) is 0 Å². The van der Waals surface area contributed by atoms with Crippen LogP contribution in [-0.2, 0) is 22.4 Å². The molecule has 164 valence electrons. The predicted molar refractivity (Wildman–Crippen MR) is 118 cm³/mol. The fraction of sp³-hybridized carbons (Fsp3) is 0.500. The highest BCUT2D eigenvalue weighted by molar-refractivity contribution is 6.00. The summed E-state index contributed by atoms with van der Waals surface area (Å²) in [4.78, 5) is 38.0. The monoisotopic (exact) mass is 422 g/mol. The van der Waals surface area contributed by atoms with Crippen LogP contribution in [0.4, 0.5) is 5.82 Å². The lowest BCUT2D eigenvalue weighted by Gasteiger charge is -2.25. The molecule has 0 saturated carbocycles. The fourth-order valence-electron chi connectivity index (χ4n) is 4.61. The maximum absolute atomic E-state index is 13.0. The van der Waals surface area contributed by atoms with Gasteiger partial charge in [-0.25, -0.2) is 9.97 Å². The number of hydrogen-bond donors (Lipinski definition) is 0. The normalized spacial score (nSPS) is 17.9. The van der Waals surface area contributed by atoms with E-state index in [0.29, 0.717) is 24.5 Å². The Balaban J connectivity index is 1.42. The number of amides is 2. The highest BCUT2D eigenvalue weighted by atomic mass is 16.5. The number of hydrogen-bond acceptors (Lipinski definition) is 5. The second-order valence-corrected chi connectivity index (χ2v) is 8.49. The number of nitrogens with zero attached hydrogens (tertiary/aromatic N) is 4. The predicted octanol–water partition coefficient (Wildman–Crippen LogP) is 3.31. The number of rotatable bonds is 6. The Labute approximate surface area is 183 Å². The first kappa shape index (κ1) is 21.3. The molecule has 1 saturated heterocycles. The van der Waals surface area contributed by atoms with Crippen molar-refractivity contribution in [1.29, 1.82) is 0 Å². The van der Waals surface area contributed by atoms with Gasteiger partial charge in [-0.2, -0.15) is 0 Å². The van der Waals surface area contributed by atoms with Crippen LogP contribution in [0.5, 0.6) is 5.75 Å². The number of likely N-dealkylation sites (tertiary alicyclic amines) is 1. The highest BCUT2D eigenvalue weighted by Crippen LogP contribution is 2.35. The minimum atomic E-state index is -0.108. The second kappa shape index (κ2) is 8.65. The van der Waals surface area contributed by atoms with Crippen LogP contribution >= 0.6 is 0 Å². The number of carbonyl (C=O) groups excluding carboxylic acids is 2. The molecule has 1 aromatic carbocycles. The first-order valence-corrected chi connectivity index (χ1v) is 11.0. The van der Waals surface area contributed by atoms with Gasteiger partial charge < -0.3 is 9.64 Å². The number of benzene rings is 1. The topological polar surface area (TPSA) is 75.6 Å². The van der Waals surface area contributed by atoms with E-state index < -0.39 is 0 Å². The third-order valence-electron chi connectivity index (χ3n) is 6.49. The van der Waals surface area contributed by atoms with Crippen molar-refractivity contribution < 1.29 is 14.3 Å². The molecule has 7 heteroatoms. The largest absolute Gasteiger partial charge is 0.497 e. The van der Waals surface area contributed by atoms with Gasteiger partial charge in [0.15, 0.2) is 5.82 Å². The summed E-state index contributed by atoms with van der Waals surface area (Å²) < 4.78 is 5.27. The first-order chi connectivity index (χ1) is 14.9. The van der Waals surface area contributed by atoms with Crippen LogP contribution in [0.3, 0.4) is 0 Å². The molecule has 1 fully saturated rings. The van der Waals surface area contributed by atoms with E-state index in [-0.39, 0.29) is 17.9 Å². The van der Waals surface area contributed by atoms with Crippen LogP contribution in [0, 0.1) is 13.8 Å². The molecule has 0 aliphatic carbocycles. The zero-order valence-corrected chi connectivity index (χ0v) is 18.8. The van der Waals surface area contributed by atoms with Crippen LogP contribution in [0.1, 0.15) is 59.9 Å². The Hall–Kier alpha value is -2.96. The van der Waals surface area contributed by atoms with Gasteiger partial charge in [0, 0.05) is 31.3 Å². The molecular weight excluding hydrogens is 392 g/mol. The molecule has 2 aliphatic rings. The van der Waals surface area contributed by atoms with E-state index in [1.807, 2.05) is 24.0 Å². The lowest BCUT2D eigenvalue weighted by molar-refractivity contribution is -0.132. The Morgan fingerprint density at radius 2 is 2.06 bits per heavy atom. The van der Waals surface area contributed by atoms with Gasteiger partial charge in [-0.3, -0.25) is 14.5 Å². The summed E-state index contributed by atoms with van der Waals surface area (Å²) in [5, 5.41) is 0. The Kier molecular flexibility index (Phi) is 5.94. The van der Waals surface area contributed by atoms with Gasteiger partial charge in [-0.15, -0.1) is 0 Å². The van der Waals surface area contributed by atoms with E-state index >= 15 is 0 Å². The third-order valence-corrected chi connectivity index (χ3v) is 6.49. The average molecular weight is 423 g/mol. The number of carbonyl (C=O) groups is 2. The summed E-state index contributed by atoms with van der Waals surface area (Å²) in [7, 11) is 3.42. The summed E-state index contributed by atoms with van der Waals surface area (Å²) in [5.41, 5.74) is 4.18. The standard InChI is InChI=1S/C24H30N4O3/c1-15-13-18(31-4)11-10-17(15)7-5-9-21(29)28-12-6-8-20(28)23-25-16(2)19-14-22(30)27(3)24(19)26-23/h10-11,13,20H,5-9,12,14H2,1-4H3/t20-/m1/s1. The van der Waals surface area contributed by atoms with Crippen LogP contribution in [-0.4, -0.2) is 47.4 Å². The fourth-order valence-corrected chi connectivity index (χ4v) is 4.61. The van der Waals surface area contributed by atoms with Gasteiger partial charge in [0.1, 0.15) is 11.6 Å². The van der Waals surface area contributed by atoms with Gasteiger partial charge in [0.05, 0.1) is 19.6 Å². The molecule has 0 unspecified atom stereocenters. The maximum atomic E-state index is 13.0. The van der Waals surface area contributed by atoms with Gasteiger partial charge in [0.25, 0.3) is 0 Å². The van der Waals surface area contributed by atoms with Crippen LogP contribution in [0.15, 0.2) is 18.2 Å². The maximum Gasteiger partial charge on any atom is 0.232 e.